The Hall–Kier alpha value is -1.96. The van der Waals surface area contributed by atoms with Crippen molar-refractivity contribution in [1.82, 2.24) is 0 Å². The summed E-state index contributed by atoms with van der Waals surface area (Å²) in [5.74, 6) is -0.272. The summed E-state index contributed by atoms with van der Waals surface area (Å²) in [6.07, 6.45) is 0.510. The Morgan fingerprint density at radius 2 is 1.63 bits per heavy atom. The van der Waals surface area contributed by atoms with Gasteiger partial charge in [-0.3, -0.25) is 4.79 Å². The SMILES string of the molecule is Cc1cc(C)cc(CC(=O)Cc2ccccc2F)c1. The first-order chi connectivity index (χ1) is 9.04. The van der Waals surface area contributed by atoms with E-state index in [-0.39, 0.29) is 18.0 Å². The lowest BCUT2D eigenvalue weighted by molar-refractivity contribution is -0.117. The summed E-state index contributed by atoms with van der Waals surface area (Å²) in [7, 11) is 0. The van der Waals surface area contributed by atoms with Gasteiger partial charge in [-0.15, -0.1) is 0 Å². The van der Waals surface area contributed by atoms with Gasteiger partial charge in [0.2, 0.25) is 0 Å². The molecular formula is C17H17FO. The molecular weight excluding hydrogens is 239 g/mol. The van der Waals surface area contributed by atoms with Crippen LogP contribution in [0.15, 0.2) is 42.5 Å². The van der Waals surface area contributed by atoms with Crippen LogP contribution in [-0.2, 0) is 17.6 Å². The second-order valence-corrected chi connectivity index (χ2v) is 4.98. The predicted octanol–water partition coefficient (Wildman–Crippen LogP) is 3.80. The van der Waals surface area contributed by atoms with Crippen LogP contribution in [0, 0.1) is 19.7 Å². The highest BCUT2D eigenvalue weighted by Gasteiger charge is 2.09. The van der Waals surface area contributed by atoms with E-state index in [0.29, 0.717) is 12.0 Å². The maximum atomic E-state index is 13.5. The highest BCUT2D eigenvalue weighted by atomic mass is 19.1. The summed E-state index contributed by atoms with van der Waals surface area (Å²) in [6, 6.07) is 12.5. The average Bonchev–Trinajstić information content (AvgIpc) is 2.30. The van der Waals surface area contributed by atoms with Gasteiger partial charge in [0.1, 0.15) is 11.6 Å². The molecule has 0 unspecified atom stereocenters. The molecule has 98 valence electrons. The summed E-state index contributed by atoms with van der Waals surface area (Å²) in [5.41, 5.74) is 3.76. The monoisotopic (exact) mass is 256 g/mol. The molecule has 0 spiro atoms. The minimum Gasteiger partial charge on any atom is -0.299 e. The minimum absolute atomic E-state index is 0.0371. The lowest BCUT2D eigenvalue weighted by atomic mass is 9.99. The lowest BCUT2D eigenvalue weighted by Crippen LogP contribution is -2.08. The fourth-order valence-corrected chi connectivity index (χ4v) is 2.32. The summed E-state index contributed by atoms with van der Waals surface area (Å²) < 4.78 is 13.5. The molecule has 19 heavy (non-hydrogen) atoms. The first-order valence-corrected chi connectivity index (χ1v) is 6.37. The molecule has 2 aromatic rings. The van der Waals surface area contributed by atoms with E-state index in [9.17, 15) is 9.18 Å². The Bertz CT molecular complexity index is 582. The third-order valence-electron chi connectivity index (χ3n) is 3.03. The Labute approximate surface area is 113 Å². The van der Waals surface area contributed by atoms with E-state index in [4.69, 9.17) is 0 Å². The Morgan fingerprint density at radius 1 is 1.00 bits per heavy atom. The smallest absolute Gasteiger partial charge is 0.141 e. The number of benzene rings is 2. The number of rotatable bonds is 4. The molecule has 0 bridgehead atoms. The molecule has 2 rings (SSSR count). The molecule has 0 aliphatic carbocycles. The van der Waals surface area contributed by atoms with Crippen molar-refractivity contribution in [3.05, 3.63) is 70.5 Å². The normalized spacial score (nSPS) is 10.5. The highest BCUT2D eigenvalue weighted by Crippen LogP contribution is 2.12. The topological polar surface area (TPSA) is 17.1 Å². The molecule has 0 heterocycles. The fourth-order valence-electron chi connectivity index (χ4n) is 2.32. The Morgan fingerprint density at radius 3 is 2.26 bits per heavy atom. The molecule has 0 saturated heterocycles. The molecule has 0 N–H and O–H groups in total. The summed E-state index contributed by atoms with van der Waals surface area (Å²) in [5, 5.41) is 0. The van der Waals surface area contributed by atoms with Gasteiger partial charge >= 0.3 is 0 Å². The highest BCUT2D eigenvalue weighted by molar-refractivity contribution is 5.83. The number of hydrogen-bond acceptors (Lipinski definition) is 1. The third-order valence-corrected chi connectivity index (χ3v) is 3.03. The zero-order valence-electron chi connectivity index (χ0n) is 11.2. The molecule has 0 aliphatic rings. The number of aryl methyl sites for hydroxylation is 2. The van der Waals surface area contributed by atoms with Gasteiger partial charge < -0.3 is 0 Å². The zero-order valence-corrected chi connectivity index (χ0v) is 11.2. The van der Waals surface area contributed by atoms with Crippen molar-refractivity contribution in [2.24, 2.45) is 0 Å². The standard InChI is InChI=1S/C17H17FO/c1-12-7-13(2)9-14(8-12)10-16(19)11-15-5-3-4-6-17(15)18/h3-9H,10-11H2,1-2H3. The van der Waals surface area contributed by atoms with Crippen molar-refractivity contribution < 1.29 is 9.18 Å². The molecule has 2 heteroatoms. The van der Waals surface area contributed by atoms with E-state index >= 15 is 0 Å². The summed E-state index contributed by atoms with van der Waals surface area (Å²) in [4.78, 5) is 12.0. The van der Waals surface area contributed by atoms with Crippen LogP contribution in [-0.4, -0.2) is 5.78 Å². The number of carbonyl (C=O) groups is 1. The van der Waals surface area contributed by atoms with Gasteiger partial charge in [-0.05, 0) is 31.0 Å². The quantitative estimate of drug-likeness (QED) is 0.813. The molecule has 0 fully saturated rings. The average molecular weight is 256 g/mol. The lowest BCUT2D eigenvalue weighted by Gasteiger charge is -2.05. The zero-order chi connectivity index (χ0) is 13.8. The predicted molar refractivity (Wildman–Crippen MR) is 74.7 cm³/mol. The van der Waals surface area contributed by atoms with Crippen molar-refractivity contribution in [3.63, 3.8) is 0 Å². The number of carbonyl (C=O) groups excluding carboxylic acids is 1. The van der Waals surface area contributed by atoms with Crippen LogP contribution in [0.2, 0.25) is 0 Å². The van der Waals surface area contributed by atoms with E-state index < -0.39 is 0 Å². The maximum Gasteiger partial charge on any atom is 0.141 e. The number of Topliss-reactive ketones (excluding diaryl/α,β-unsaturated/α-hetero) is 1. The van der Waals surface area contributed by atoms with Crippen molar-refractivity contribution >= 4 is 5.78 Å². The number of halogens is 1. The van der Waals surface area contributed by atoms with Crippen molar-refractivity contribution in [1.29, 1.82) is 0 Å². The molecule has 0 saturated carbocycles. The second-order valence-electron chi connectivity index (χ2n) is 4.98. The minimum atomic E-state index is -0.309. The van der Waals surface area contributed by atoms with E-state index in [2.05, 4.69) is 6.07 Å². The first-order valence-electron chi connectivity index (χ1n) is 6.37. The van der Waals surface area contributed by atoms with Gasteiger partial charge in [-0.1, -0.05) is 47.5 Å². The van der Waals surface area contributed by atoms with E-state index in [1.807, 2.05) is 26.0 Å². The summed E-state index contributed by atoms with van der Waals surface area (Å²) >= 11 is 0. The largest absolute Gasteiger partial charge is 0.299 e. The van der Waals surface area contributed by atoms with Gasteiger partial charge in [0.25, 0.3) is 0 Å². The van der Waals surface area contributed by atoms with Crippen molar-refractivity contribution in [2.75, 3.05) is 0 Å². The third kappa shape index (κ3) is 3.75. The molecule has 0 atom stereocenters. The van der Waals surface area contributed by atoms with Crippen LogP contribution in [0.25, 0.3) is 0 Å². The van der Waals surface area contributed by atoms with Crippen LogP contribution >= 0.6 is 0 Å². The van der Waals surface area contributed by atoms with Crippen LogP contribution < -0.4 is 0 Å². The van der Waals surface area contributed by atoms with Crippen LogP contribution in [0.5, 0.6) is 0 Å². The van der Waals surface area contributed by atoms with E-state index in [0.717, 1.165) is 16.7 Å². The van der Waals surface area contributed by atoms with E-state index in [1.54, 1.807) is 18.2 Å². The van der Waals surface area contributed by atoms with Gasteiger partial charge in [0.15, 0.2) is 0 Å². The Kier molecular flexibility index (Phi) is 4.10. The number of ketones is 1. The second kappa shape index (κ2) is 5.79. The molecule has 2 aromatic carbocycles. The Balaban J connectivity index is 2.07. The van der Waals surface area contributed by atoms with Crippen LogP contribution in [0.3, 0.4) is 0 Å². The first kappa shape index (κ1) is 13.5. The fraction of sp³-hybridized carbons (Fsp3) is 0.235. The molecule has 0 radical (unpaired) electrons. The number of hydrogen-bond donors (Lipinski definition) is 0. The maximum absolute atomic E-state index is 13.5. The van der Waals surface area contributed by atoms with Crippen LogP contribution in [0.1, 0.15) is 22.3 Å². The molecule has 0 aromatic heterocycles. The van der Waals surface area contributed by atoms with Crippen LogP contribution in [0.4, 0.5) is 4.39 Å². The van der Waals surface area contributed by atoms with Gasteiger partial charge in [0.05, 0.1) is 0 Å². The molecule has 0 amide bonds. The molecule has 0 aliphatic heterocycles. The van der Waals surface area contributed by atoms with Gasteiger partial charge in [-0.25, -0.2) is 4.39 Å². The summed E-state index contributed by atoms with van der Waals surface area (Å²) in [6.45, 7) is 4.02. The van der Waals surface area contributed by atoms with Crippen molar-refractivity contribution in [2.45, 2.75) is 26.7 Å². The van der Waals surface area contributed by atoms with Gasteiger partial charge in [0, 0.05) is 12.8 Å². The van der Waals surface area contributed by atoms with E-state index in [1.165, 1.54) is 6.07 Å². The van der Waals surface area contributed by atoms with Gasteiger partial charge in [-0.2, -0.15) is 0 Å². The molecule has 1 nitrogen and oxygen atoms in total. The van der Waals surface area contributed by atoms with Crippen molar-refractivity contribution in [3.8, 4) is 0 Å².